The van der Waals surface area contributed by atoms with Gasteiger partial charge in [0.1, 0.15) is 4.88 Å². The highest BCUT2D eigenvalue weighted by molar-refractivity contribution is 7.11. The van der Waals surface area contributed by atoms with E-state index >= 15 is 0 Å². The Balaban J connectivity index is 2.00. The SMILES string of the molecule is COC1CCCC1NC(=O)c1scnc1C. The largest absolute Gasteiger partial charge is 0.379 e. The second-order valence-electron chi connectivity index (χ2n) is 4.05. The highest BCUT2D eigenvalue weighted by atomic mass is 32.1. The van der Waals surface area contributed by atoms with Gasteiger partial charge in [0, 0.05) is 7.11 Å². The molecule has 1 aromatic rings. The normalized spacial score (nSPS) is 24.6. The summed E-state index contributed by atoms with van der Waals surface area (Å²) in [6.45, 7) is 1.86. The molecule has 16 heavy (non-hydrogen) atoms. The molecule has 4 nitrogen and oxygen atoms in total. The summed E-state index contributed by atoms with van der Waals surface area (Å²) in [7, 11) is 1.70. The number of amides is 1. The third kappa shape index (κ3) is 2.25. The number of nitrogens with one attached hydrogen (secondary N) is 1. The van der Waals surface area contributed by atoms with Crippen LogP contribution in [-0.4, -0.2) is 30.1 Å². The lowest BCUT2D eigenvalue weighted by Gasteiger charge is -2.19. The molecular weight excluding hydrogens is 224 g/mol. The van der Waals surface area contributed by atoms with Gasteiger partial charge in [-0.2, -0.15) is 0 Å². The minimum atomic E-state index is -0.0195. The van der Waals surface area contributed by atoms with Crippen molar-refractivity contribution in [2.75, 3.05) is 7.11 Å². The van der Waals surface area contributed by atoms with Crippen molar-refractivity contribution in [3.8, 4) is 0 Å². The summed E-state index contributed by atoms with van der Waals surface area (Å²) in [5.41, 5.74) is 2.50. The van der Waals surface area contributed by atoms with Crippen LogP contribution in [0.4, 0.5) is 0 Å². The Bertz CT molecular complexity index is 378. The van der Waals surface area contributed by atoms with E-state index in [9.17, 15) is 4.79 Å². The number of hydrogen-bond acceptors (Lipinski definition) is 4. The van der Waals surface area contributed by atoms with Crippen LogP contribution in [0.2, 0.25) is 0 Å². The predicted octanol–water partition coefficient (Wildman–Crippen LogP) is 1.75. The Hall–Kier alpha value is -0.940. The van der Waals surface area contributed by atoms with E-state index in [2.05, 4.69) is 10.3 Å². The Morgan fingerprint density at radius 3 is 3.06 bits per heavy atom. The lowest BCUT2D eigenvalue weighted by Crippen LogP contribution is -2.40. The third-order valence-electron chi connectivity index (χ3n) is 3.02. The molecule has 1 aliphatic carbocycles. The molecule has 1 aromatic heterocycles. The van der Waals surface area contributed by atoms with Crippen LogP contribution in [-0.2, 0) is 4.74 Å². The van der Waals surface area contributed by atoms with Crippen molar-refractivity contribution in [2.45, 2.75) is 38.3 Å². The number of carbonyl (C=O) groups is 1. The van der Waals surface area contributed by atoms with Gasteiger partial charge in [-0.15, -0.1) is 11.3 Å². The number of nitrogens with zero attached hydrogens (tertiary/aromatic N) is 1. The average Bonchev–Trinajstić information content (AvgIpc) is 2.86. The average molecular weight is 240 g/mol. The van der Waals surface area contributed by atoms with Crippen LogP contribution in [0.15, 0.2) is 5.51 Å². The first-order valence-corrected chi connectivity index (χ1v) is 6.34. The van der Waals surface area contributed by atoms with Crippen LogP contribution < -0.4 is 5.32 Å². The summed E-state index contributed by atoms with van der Waals surface area (Å²) in [6, 6.07) is 0.152. The predicted molar refractivity (Wildman–Crippen MR) is 62.8 cm³/mol. The molecule has 0 aromatic carbocycles. The number of hydrogen-bond donors (Lipinski definition) is 1. The molecule has 1 amide bonds. The van der Waals surface area contributed by atoms with E-state index in [0.29, 0.717) is 4.88 Å². The highest BCUT2D eigenvalue weighted by Crippen LogP contribution is 2.22. The molecule has 1 aliphatic rings. The first-order chi connectivity index (χ1) is 7.72. The molecule has 2 rings (SSSR count). The highest BCUT2D eigenvalue weighted by Gasteiger charge is 2.29. The molecule has 1 fully saturated rings. The minimum absolute atomic E-state index is 0.0195. The van der Waals surface area contributed by atoms with E-state index in [0.717, 1.165) is 25.0 Å². The van der Waals surface area contributed by atoms with Gasteiger partial charge in [-0.1, -0.05) is 0 Å². The van der Waals surface area contributed by atoms with Gasteiger partial charge in [0.05, 0.1) is 23.4 Å². The number of thiazole rings is 1. The second kappa shape index (κ2) is 4.93. The molecule has 0 spiro atoms. The number of aryl methyl sites for hydroxylation is 1. The van der Waals surface area contributed by atoms with E-state index in [1.807, 2.05) is 6.92 Å². The maximum absolute atomic E-state index is 11.9. The quantitative estimate of drug-likeness (QED) is 0.875. The topological polar surface area (TPSA) is 51.2 Å². The number of rotatable bonds is 3. The number of aromatic nitrogens is 1. The smallest absolute Gasteiger partial charge is 0.263 e. The summed E-state index contributed by atoms with van der Waals surface area (Å²) >= 11 is 1.39. The fraction of sp³-hybridized carbons (Fsp3) is 0.636. The number of ether oxygens (including phenoxy) is 1. The molecule has 0 radical (unpaired) electrons. The molecule has 0 saturated heterocycles. The standard InChI is InChI=1S/C11H16N2O2S/c1-7-10(16-6-12-7)11(14)13-8-4-3-5-9(8)15-2/h6,8-9H,3-5H2,1-2H3,(H,13,14). The van der Waals surface area contributed by atoms with E-state index in [1.165, 1.54) is 11.3 Å². The summed E-state index contributed by atoms with van der Waals surface area (Å²) in [4.78, 5) is 16.7. The molecule has 1 heterocycles. The summed E-state index contributed by atoms with van der Waals surface area (Å²) in [6.07, 6.45) is 3.31. The Morgan fingerprint density at radius 1 is 1.62 bits per heavy atom. The Morgan fingerprint density at radius 2 is 2.44 bits per heavy atom. The molecule has 0 aliphatic heterocycles. The zero-order chi connectivity index (χ0) is 11.5. The van der Waals surface area contributed by atoms with Crippen molar-refractivity contribution < 1.29 is 9.53 Å². The van der Waals surface area contributed by atoms with Gasteiger partial charge in [-0.3, -0.25) is 4.79 Å². The molecule has 1 saturated carbocycles. The summed E-state index contributed by atoms with van der Waals surface area (Å²) in [5.74, 6) is -0.0195. The van der Waals surface area contributed by atoms with E-state index in [4.69, 9.17) is 4.74 Å². The van der Waals surface area contributed by atoms with Crippen LogP contribution in [0, 0.1) is 6.92 Å². The molecule has 2 atom stereocenters. The molecular formula is C11H16N2O2S. The van der Waals surface area contributed by atoms with Gasteiger partial charge in [-0.05, 0) is 26.2 Å². The summed E-state index contributed by atoms with van der Waals surface area (Å²) < 4.78 is 5.35. The van der Waals surface area contributed by atoms with Gasteiger partial charge in [0.25, 0.3) is 5.91 Å². The maximum atomic E-state index is 11.9. The fourth-order valence-corrected chi connectivity index (χ4v) is 2.83. The van der Waals surface area contributed by atoms with Crippen LogP contribution in [0.25, 0.3) is 0 Å². The first kappa shape index (κ1) is 11.5. The fourth-order valence-electron chi connectivity index (χ4n) is 2.13. The molecule has 1 N–H and O–H groups in total. The Kier molecular flexibility index (Phi) is 3.56. The molecule has 5 heteroatoms. The number of methoxy groups -OCH3 is 1. The van der Waals surface area contributed by atoms with Crippen molar-refractivity contribution in [3.63, 3.8) is 0 Å². The Labute approximate surface area is 99.0 Å². The van der Waals surface area contributed by atoms with Gasteiger partial charge in [0.2, 0.25) is 0 Å². The van der Waals surface area contributed by atoms with E-state index in [-0.39, 0.29) is 18.1 Å². The van der Waals surface area contributed by atoms with Crippen LogP contribution >= 0.6 is 11.3 Å². The van der Waals surface area contributed by atoms with Crippen molar-refractivity contribution in [3.05, 3.63) is 16.1 Å². The van der Waals surface area contributed by atoms with E-state index < -0.39 is 0 Å². The van der Waals surface area contributed by atoms with Crippen molar-refractivity contribution in [1.29, 1.82) is 0 Å². The maximum Gasteiger partial charge on any atom is 0.263 e. The van der Waals surface area contributed by atoms with Crippen LogP contribution in [0.1, 0.15) is 34.6 Å². The van der Waals surface area contributed by atoms with Gasteiger partial charge < -0.3 is 10.1 Å². The van der Waals surface area contributed by atoms with Crippen LogP contribution in [0.5, 0.6) is 0 Å². The third-order valence-corrected chi connectivity index (χ3v) is 3.95. The van der Waals surface area contributed by atoms with Crippen molar-refractivity contribution in [1.82, 2.24) is 10.3 Å². The molecule has 0 bridgehead atoms. The van der Waals surface area contributed by atoms with Gasteiger partial charge in [0.15, 0.2) is 0 Å². The second-order valence-corrected chi connectivity index (χ2v) is 4.91. The van der Waals surface area contributed by atoms with Crippen LogP contribution in [0.3, 0.4) is 0 Å². The number of carbonyl (C=O) groups excluding carboxylic acids is 1. The van der Waals surface area contributed by atoms with Crippen molar-refractivity contribution >= 4 is 17.2 Å². The summed E-state index contributed by atoms with van der Waals surface area (Å²) in [5, 5.41) is 3.03. The lowest BCUT2D eigenvalue weighted by atomic mass is 10.2. The zero-order valence-electron chi connectivity index (χ0n) is 9.53. The zero-order valence-corrected chi connectivity index (χ0v) is 10.3. The van der Waals surface area contributed by atoms with Crippen molar-refractivity contribution in [2.24, 2.45) is 0 Å². The molecule has 88 valence electrons. The minimum Gasteiger partial charge on any atom is -0.379 e. The molecule has 2 unspecified atom stereocenters. The lowest BCUT2D eigenvalue weighted by molar-refractivity contribution is 0.0724. The van der Waals surface area contributed by atoms with E-state index in [1.54, 1.807) is 12.6 Å². The van der Waals surface area contributed by atoms with Gasteiger partial charge in [-0.25, -0.2) is 4.98 Å². The first-order valence-electron chi connectivity index (χ1n) is 5.46. The van der Waals surface area contributed by atoms with Gasteiger partial charge >= 0.3 is 0 Å². The monoisotopic (exact) mass is 240 g/mol.